The van der Waals surface area contributed by atoms with E-state index in [1.807, 2.05) is 42.5 Å². The van der Waals surface area contributed by atoms with Gasteiger partial charge in [-0.1, -0.05) is 36.4 Å². The molecule has 0 aliphatic carbocycles. The number of allylic oxidation sites excluding steroid dienone is 1. The molecule has 1 aromatic rings. The molecule has 3 rings (SSSR count). The minimum Gasteiger partial charge on any atom is -0.267 e. The summed E-state index contributed by atoms with van der Waals surface area (Å²) in [5, 5.41) is 0.366. The second kappa shape index (κ2) is 4.00. The molecule has 0 bridgehead atoms. The predicted molar refractivity (Wildman–Crippen MR) is 71.2 cm³/mol. The first-order valence-electron chi connectivity index (χ1n) is 5.53. The quantitative estimate of drug-likeness (QED) is 0.756. The number of nitrogens with zero attached hydrogens (tertiary/aromatic N) is 1. The van der Waals surface area contributed by atoms with Crippen LogP contribution in [0.15, 0.2) is 58.0 Å². The molecule has 0 aromatic heterocycles. The zero-order chi connectivity index (χ0) is 11.8. The van der Waals surface area contributed by atoms with Crippen LogP contribution >= 0.6 is 11.8 Å². The van der Waals surface area contributed by atoms with Crippen molar-refractivity contribution >= 4 is 23.4 Å². The summed E-state index contributed by atoms with van der Waals surface area (Å²) in [7, 11) is 0. The Morgan fingerprint density at radius 1 is 1.24 bits per heavy atom. The number of dihydropyridines is 1. The summed E-state index contributed by atoms with van der Waals surface area (Å²) >= 11 is 1.72. The highest BCUT2D eigenvalue weighted by atomic mass is 32.2. The van der Waals surface area contributed by atoms with E-state index in [9.17, 15) is 4.79 Å². The van der Waals surface area contributed by atoms with E-state index in [0.717, 1.165) is 21.8 Å². The maximum Gasteiger partial charge on any atom is 0.278 e. The fourth-order valence-corrected chi connectivity index (χ4v) is 3.05. The van der Waals surface area contributed by atoms with Gasteiger partial charge in [0, 0.05) is 15.7 Å². The molecule has 2 aliphatic rings. The Labute approximate surface area is 104 Å². The van der Waals surface area contributed by atoms with Crippen LogP contribution < -0.4 is 0 Å². The number of rotatable bonds is 1. The van der Waals surface area contributed by atoms with Gasteiger partial charge >= 0.3 is 0 Å². The SMILES string of the molecule is CC1C=C2C(=O)N=C(c3ccccc3)C=C2S1. The van der Waals surface area contributed by atoms with Crippen LogP contribution in [-0.4, -0.2) is 16.9 Å². The highest BCUT2D eigenvalue weighted by molar-refractivity contribution is 8.04. The van der Waals surface area contributed by atoms with Crippen molar-refractivity contribution in [3.05, 3.63) is 58.5 Å². The van der Waals surface area contributed by atoms with Crippen molar-refractivity contribution in [2.75, 3.05) is 0 Å². The van der Waals surface area contributed by atoms with E-state index in [0.29, 0.717) is 5.25 Å². The van der Waals surface area contributed by atoms with Crippen molar-refractivity contribution in [1.82, 2.24) is 0 Å². The first kappa shape index (κ1) is 10.5. The van der Waals surface area contributed by atoms with Crippen LogP contribution in [0.2, 0.25) is 0 Å². The number of amides is 1. The van der Waals surface area contributed by atoms with Crippen molar-refractivity contribution in [3.8, 4) is 0 Å². The molecular weight excluding hydrogens is 230 g/mol. The van der Waals surface area contributed by atoms with E-state index in [1.165, 1.54) is 0 Å². The number of thioether (sulfide) groups is 1. The molecule has 0 spiro atoms. The second-order valence-corrected chi connectivity index (χ2v) is 5.50. The van der Waals surface area contributed by atoms with Gasteiger partial charge in [-0.2, -0.15) is 0 Å². The maximum absolute atomic E-state index is 11.9. The summed E-state index contributed by atoms with van der Waals surface area (Å²) in [6, 6.07) is 9.81. The largest absolute Gasteiger partial charge is 0.278 e. The molecule has 17 heavy (non-hydrogen) atoms. The van der Waals surface area contributed by atoms with E-state index in [4.69, 9.17) is 0 Å². The number of aliphatic imine (C=N–C) groups is 1. The lowest BCUT2D eigenvalue weighted by atomic mass is 10.0. The highest BCUT2D eigenvalue weighted by Crippen LogP contribution is 2.39. The summed E-state index contributed by atoms with van der Waals surface area (Å²) in [6.07, 6.45) is 4.00. The number of carbonyl (C=O) groups is 1. The Balaban J connectivity index is 2.04. The third kappa shape index (κ3) is 1.87. The predicted octanol–water partition coefficient (Wildman–Crippen LogP) is 2.96. The Morgan fingerprint density at radius 3 is 2.76 bits per heavy atom. The molecule has 0 N–H and O–H groups in total. The Hall–Kier alpha value is -1.61. The van der Waals surface area contributed by atoms with E-state index < -0.39 is 0 Å². The minimum absolute atomic E-state index is 0.113. The van der Waals surface area contributed by atoms with Gasteiger partial charge < -0.3 is 0 Å². The third-order valence-corrected chi connectivity index (χ3v) is 3.87. The van der Waals surface area contributed by atoms with Crippen LogP contribution in [0, 0.1) is 0 Å². The fourth-order valence-electron chi connectivity index (χ4n) is 1.99. The summed E-state index contributed by atoms with van der Waals surface area (Å²) in [6.45, 7) is 2.09. The number of carbonyl (C=O) groups excluding carboxylic acids is 1. The lowest BCUT2D eigenvalue weighted by Crippen LogP contribution is -2.11. The Morgan fingerprint density at radius 2 is 2.00 bits per heavy atom. The standard InChI is InChI=1S/C14H11NOS/c1-9-7-11-13(17-9)8-12(15-14(11)16)10-5-3-2-4-6-10/h2-9H,1H3. The molecule has 0 saturated heterocycles. The molecule has 2 heterocycles. The molecule has 1 unspecified atom stereocenters. The summed E-state index contributed by atoms with van der Waals surface area (Å²) in [5.74, 6) is -0.113. The average molecular weight is 241 g/mol. The third-order valence-electron chi connectivity index (χ3n) is 2.77. The zero-order valence-corrected chi connectivity index (χ0v) is 10.2. The van der Waals surface area contributed by atoms with Gasteiger partial charge in [-0.25, -0.2) is 4.99 Å². The number of benzene rings is 1. The van der Waals surface area contributed by atoms with E-state index >= 15 is 0 Å². The number of hydrogen-bond donors (Lipinski definition) is 0. The van der Waals surface area contributed by atoms with Gasteiger partial charge in [0.25, 0.3) is 5.91 Å². The van der Waals surface area contributed by atoms with E-state index in [2.05, 4.69) is 11.9 Å². The van der Waals surface area contributed by atoms with Crippen LogP contribution in [-0.2, 0) is 4.79 Å². The summed E-state index contributed by atoms with van der Waals surface area (Å²) < 4.78 is 0. The molecule has 2 nitrogen and oxygen atoms in total. The van der Waals surface area contributed by atoms with Crippen LogP contribution in [0.4, 0.5) is 0 Å². The average Bonchev–Trinajstić information content (AvgIpc) is 2.71. The van der Waals surface area contributed by atoms with Crippen LogP contribution in [0.1, 0.15) is 12.5 Å². The molecule has 3 heteroatoms. The summed E-state index contributed by atoms with van der Waals surface area (Å²) in [4.78, 5) is 17.1. The lowest BCUT2D eigenvalue weighted by Gasteiger charge is -2.10. The topological polar surface area (TPSA) is 29.4 Å². The van der Waals surface area contributed by atoms with Crippen molar-refractivity contribution < 1.29 is 4.79 Å². The smallest absolute Gasteiger partial charge is 0.267 e. The first-order chi connectivity index (χ1) is 8.24. The Bertz CT molecular complexity index is 569. The highest BCUT2D eigenvalue weighted by Gasteiger charge is 2.27. The van der Waals surface area contributed by atoms with Gasteiger partial charge in [0.05, 0.1) is 11.3 Å². The van der Waals surface area contributed by atoms with Crippen molar-refractivity contribution in [3.63, 3.8) is 0 Å². The minimum atomic E-state index is -0.113. The van der Waals surface area contributed by atoms with Gasteiger partial charge in [-0.05, 0) is 13.0 Å². The molecule has 1 atom stereocenters. The normalized spacial score (nSPS) is 22.8. The summed E-state index contributed by atoms with van der Waals surface area (Å²) in [5.41, 5.74) is 2.53. The van der Waals surface area contributed by atoms with Gasteiger partial charge in [0.2, 0.25) is 0 Å². The molecule has 0 saturated carbocycles. The first-order valence-corrected chi connectivity index (χ1v) is 6.41. The van der Waals surface area contributed by atoms with Crippen molar-refractivity contribution in [2.24, 2.45) is 4.99 Å². The number of hydrogen-bond acceptors (Lipinski definition) is 2. The second-order valence-electron chi connectivity index (χ2n) is 4.08. The van der Waals surface area contributed by atoms with E-state index in [-0.39, 0.29) is 5.91 Å². The van der Waals surface area contributed by atoms with Gasteiger partial charge in [0.1, 0.15) is 0 Å². The molecule has 1 aromatic carbocycles. The fraction of sp³-hybridized carbons (Fsp3) is 0.143. The molecule has 84 valence electrons. The monoisotopic (exact) mass is 241 g/mol. The van der Waals surface area contributed by atoms with Crippen LogP contribution in [0.25, 0.3) is 0 Å². The molecule has 0 radical (unpaired) electrons. The molecule has 1 amide bonds. The van der Waals surface area contributed by atoms with Gasteiger partial charge in [0.15, 0.2) is 0 Å². The molecule has 2 aliphatic heterocycles. The van der Waals surface area contributed by atoms with E-state index in [1.54, 1.807) is 11.8 Å². The zero-order valence-electron chi connectivity index (χ0n) is 9.38. The number of fused-ring (bicyclic) bond motifs is 1. The van der Waals surface area contributed by atoms with Gasteiger partial charge in [-0.15, -0.1) is 11.8 Å². The molecular formula is C14H11NOS. The molecule has 0 fully saturated rings. The maximum atomic E-state index is 11.9. The van der Waals surface area contributed by atoms with Crippen molar-refractivity contribution in [1.29, 1.82) is 0 Å². The Kier molecular flexibility index (Phi) is 2.48. The van der Waals surface area contributed by atoms with Gasteiger partial charge in [-0.3, -0.25) is 4.79 Å². The van der Waals surface area contributed by atoms with Crippen LogP contribution in [0.3, 0.4) is 0 Å². The van der Waals surface area contributed by atoms with Crippen LogP contribution in [0.5, 0.6) is 0 Å². The lowest BCUT2D eigenvalue weighted by molar-refractivity contribution is -0.114. The van der Waals surface area contributed by atoms with Crippen molar-refractivity contribution in [2.45, 2.75) is 12.2 Å².